The summed E-state index contributed by atoms with van der Waals surface area (Å²) in [6.45, 7) is 1.83. The third-order valence-electron chi connectivity index (χ3n) is 4.38. The second-order valence-corrected chi connectivity index (χ2v) is 10.9. The van der Waals surface area contributed by atoms with Gasteiger partial charge in [-0.05, 0) is 37.3 Å². The smallest absolute Gasteiger partial charge is 0.257 e. The Morgan fingerprint density at radius 2 is 1.90 bits per heavy atom. The Hall–Kier alpha value is -2.89. The number of carbonyl (C=O) groups excluding carboxylic acids is 2. The molecule has 31 heavy (non-hydrogen) atoms. The summed E-state index contributed by atoms with van der Waals surface area (Å²) in [5.74, 6) is -0.411. The van der Waals surface area contributed by atoms with E-state index >= 15 is 0 Å². The maximum absolute atomic E-state index is 12.6. The van der Waals surface area contributed by atoms with E-state index in [4.69, 9.17) is 0 Å². The molecule has 160 valence electrons. The lowest BCUT2D eigenvalue weighted by Crippen LogP contribution is -2.26. The Bertz CT molecular complexity index is 1270. The van der Waals surface area contributed by atoms with Crippen LogP contribution in [0.15, 0.2) is 52.7 Å². The molecular weight excluding hydrogens is 456 g/mol. The summed E-state index contributed by atoms with van der Waals surface area (Å²) in [4.78, 5) is 29.9. The van der Waals surface area contributed by atoms with Gasteiger partial charge in [-0.25, -0.2) is 13.4 Å². The van der Waals surface area contributed by atoms with Crippen LogP contribution in [-0.4, -0.2) is 36.7 Å². The van der Waals surface area contributed by atoms with E-state index in [9.17, 15) is 18.0 Å². The van der Waals surface area contributed by atoms with Crippen LogP contribution in [0.25, 0.3) is 11.3 Å². The minimum absolute atomic E-state index is 0.0858. The summed E-state index contributed by atoms with van der Waals surface area (Å²) < 4.78 is 25.0. The predicted molar refractivity (Wildman–Crippen MR) is 124 cm³/mol. The number of anilines is 3. The zero-order valence-corrected chi connectivity index (χ0v) is 19.0. The fourth-order valence-electron chi connectivity index (χ4n) is 2.91. The molecule has 0 radical (unpaired) electrons. The van der Waals surface area contributed by atoms with E-state index in [2.05, 4.69) is 20.3 Å². The number of carbonyl (C=O) groups is 2. The number of thiazole rings is 1. The third-order valence-corrected chi connectivity index (χ3v) is 6.92. The molecule has 0 saturated carbocycles. The topological polar surface area (TPSA) is 117 Å². The van der Waals surface area contributed by atoms with Gasteiger partial charge in [0.05, 0.1) is 22.9 Å². The number of thioether (sulfide) groups is 1. The largest absolute Gasteiger partial charge is 0.324 e. The lowest BCUT2D eigenvalue weighted by molar-refractivity contribution is -0.115. The minimum Gasteiger partial charge on any atom is -0.324 e. The van der Waals surface area contributed by atoms with Gasteiger partial charge in [0.1, 0.15) is 0 Å². The highest BCUT2D eigenvalue weighted by Crippen LogP contribution is 2.36. The third kappa shape index (κ3) is 5.06. The van der Waals surface area contributed by atoms with Crippen molar-refractivity contribution in [3.8, 4) is 11.3 Å². The number of aromatic nitrogens is 1. The first-order valence-electron chi connectivity index (χ1n) is 9.14. The number of nitrogens with zero attached hydrogens (tertiary/aromatic N) is 1. The predicted octanol–water partition coefficient (Wildman–Crippen LogP) is 3.87. The SMILES string of the molecule is CC1Sc2ccc(C(=O)Nc3nc(-c4ccc(NS(C)(=O)=O)cc4)cs3)cc2NC1=O. The number of nitrogens with one attached hydrogen (secondary N) is 3. The van der Waals surface area contributed by atoms with Gasteiger partial charge in [0.2, 0.25) is 15.9 Å². The van der Waals surface area contributed by atoms with Crippen LogP contribution in [0.2, 0.25) is 0 Å². The Kier molecular flexibility index (Phi) is 5.73. The van der Waals surface area contributed by atoms with E-state index in [-0.39, 0.29) is 17.1 Å². The van der Waals surface area contributed by atoms with Crippen molar-refractivity contribution >= 4 is 61.4 Å². The van der Waals surface area contributed by atoms with Crippen LogP contribution >= 0.6 is 23.1 Å². The first-order valence-corrected chi connectivity index (χ1v) is 12.8. The van der Waals surface area contributed by atoms with E-state index in [1.54, 1.807) is 41.8 Å². The molecule has 0 spiro atoms. The van der Waals surface area contributed by atoms with Crippen LogP contribution in [0.3, 0.4) is 0 Å². The molecule has 3 aromatic rings. The second-order valence-electron chi connectivity index (χ2n) is 6.90. The fourth-order valence-corrected chi connectivity index (χ4v) is 5.12. The summed E-state index contributed by atoms with van der Waals surface area (Å²) >= 11 is 2.74. The first kappa shape index (κ1) is 21.3. The number of fused-ring (bicyclic) bond motifs is 1. The van der Waals surface area contributed by atoms with Crippen LogP contribution in [0.5, 0.6) is 0 Å². The van der Waals surface area contributed by atoms with Crippen LogP contribution < -0.4 is 15.4 Å². The lowest BCUT2D eigenvalue weighted by Gasteiger charge is -2.21. The standard InChI is InChI=1S/C20H18N4O4S3/c1-11-18(25)21-15-9-13(5-8-17(15)30-11)19(26)23-20-22-16(10-29-20)12-3-6-14(7-4-12)24-31(2,27)28/h3-11,24H,1-2H3,(H,21,25)(H,22,23,26). The van der Waals surface area contributed by atoms with Gasteiger partial charge >= 0.3 is 0 Å². The summed E-state index contributed by atoms with van der Waals surface area (Å²) in [5, 5.41) is 7.66. The Balaban J connectivity index is 1.46. The quantitative estimate of drug-likeness (QED) is 0.517. The summed E-state index contributed by atoms with van der Waals surface area (Å²) in [6.07, 6.45) is 1.09. The molecule has 1 aromatic heterocycles. The number of benzene rings is 2. The van der Waals surface area contributed by atoms with E-state index in [0.29, 0.717) is 27.8 Å². The average Bonchev–Trinajstić information content (AvgIpc) is 3.16. The van der Waals surface area contributed by atoms with Crippen LogP contribution in [0, 0.1) is 0 Å². The van der Waals surface area contributed by atoms with Crippen molar-refractivity contribution in [3.63, 3.8) is 0 Å². The van der Waals surface area contributed by atoms with Gasteiger partial charge < -0.3 is 5.32 Å². The van der Waals surface area contributed by atoms with Crippen LogP contribution in [0.4, 0.5) is 16.5 Å². The molecule has 2 heterocycles. The van der Waals surface area contributed by atoms with Crippen molar-refractivity contribution in [2.75, 3.05) is 21.6 Å². The number of sulfonamides is 1. The average molecular weight is 475 g/mol. The van der Waals surface area contributed by atoms with Crippen molar-refractivity contribution in [2.24, 2.45) is 0 Å². The number of amides is 2. The highest BCUT2D eigenvalue weighted by atomic mass is 32.2. The maximum atomic E-state index is 12.6. The first-order chi connectivity index (χ1) is 14.7. The van der Waals surface area contributed by atoms with Crippen LogP contribution in [-0.2, 0) is 14.8 Å². The molecule has 0 fully saturated rings. The van der Waals surface area contributed by atoms with Crippen molar-refractivity contribution < 1.29 is 18.0 Å². The molecule has 0 bridgehead atoms. The van der Waals surface area contributed by atoms with Gasteiger partial charge in [0.25, 0.3) is 5.91 Å². The molecule has 1 atom stereocenters. The van der Waals surface area contributed by atoms with E-state index in [1.807, 2.05) is 13.0 Å². The van der Waals surface area contributed by atoms with Gasteiger partial charge in [0, 0.05) is 27.1 Å². The van der Waals surface area contributed by atoms with Crippen molar-refractivity contribution in [1.29, 1.82) is 0 Å². The van der Waals surface area contributed by atoms with Crippen molar-refractivity contribution in [3.05, 3.63) is 53.4 Å². The molecule has 11 heteroatoms. The molecule has 0 aliphatic carbocycles. The van der Waals surface area contributed by atoms with Crippen molar-refractivity contribution in [1.82, 2.24) is 4.98 Å². The highest BCUT2D eigenvalue weighted by molar-refractivity contribution is 8.01. The van der Waals surface area contributed by atoms with Gasteiger partial charge in [0.15, 0.2) is 5.13 Å². The molecule has 1 unspecified atom stereocenters. The molecule has 1 aliphatic heterocycles. The normalized spacial score (nSPS) is 15.7. The Morgan fingerprint density at radius 1 is 1.16 bits per heavy atom. The van der Waals surface area contributed by atoms with Gasteiger partial charge in [-0.3, -0.25) is 19.6 Å². The molecule has 0 saturated heterocycles. The molecule has 2 aromatic carbocycles. The monoisotopic (exact) mass is 474 g/mol. The Morgan fingerprint density at radius 3 is 2.61 bits per heavy atom. The van der Waals surface area contributed by atoms with Crippen molar-refractivity contribution in [2.45, 2.75) is 17.1 Å². The van der Waals surface area contributed by atoms with E-state index in [0.717, 1.165) is 16.7 Å². The number of hydrogen-bond donors (Lipinski definition) is 3. The molecule has 4 rings (SSSR count). The molecular formula is C20H18N4O4S3. The molecule has 3 N–H and O–H groups in total. The van der Waals surface area contributed by atoms with Gasteiger partial charge in [-0.15, -0.1) is 23.1 Å². The number of hydrogen-bond acceptors (Lipinski definition) is 7. The zero-order chi connectivity index (χ0) is 22.2. The van der Waals surface area contributed by atoms with Crippen LogP contribution in [0.1, 0.15) is 17.3 Å². The number of rotatable bonds is 5. The maximum Gasteiger partial charge on any atom is 0.257 e. The minimum atomic E-state index is -3.34. The van der Waals surface area contributed by atoms with Gasteiger partial charge in [-0.1, -0.05) is 12.1 Å². The van der Waals surface area contributed by atoms with E-state index < -0.39 is 10.0 Å². The Labute approximate surface area is 187 Å². The molecule has 2 amide bonds. The second kappa shape index (κ2) is 8.33. The summed E-state index contributed by atoms with van der Waals surface area (Å²) in [7, 11) is -3.34. The summed E-state index contributed by atoms with van der Waals surface area (Å²) in [5.41, 5.74) is 2.96. The lowest BCUT2D eigenvalue weighted by atomic mass is 10.1. The zero-order valence-electron chi connectivity index (χ0n) is 16.5. The molecule has 1 aliphatic rings. The van der Waals surface area contributed by atoms with Gasteiger partial charge in [-0.2, -0.15) is 0 Å². The van der Waals surface area contributed by atoms with E-state index in [1.165, 1.54) is 23.1 Å². The summed E-state index contributed by atoms with van der Waals surface area (Å²) in [6, 6.07) is 12.0. The molecule has 8 nitrogen and oxygen atoms in total. The highest BCUT2D eigenvalue weighted by Gasteiger charge is 2.24. The fraction of sp³-hybridized carbons (Fsp3) is 0.150.